The average Bonchev–Trinajstić information content (AvgIpc) is 3.01. The Morgan fingerprint density at radius 3 is 2.96 bits per heavy atom. The van der Waals surface area contributed by atoms with Crippen molar-refractivity contribution < 1.29 is 9.53 Å². The van der Waals surface area contributed by atoms with E-state index in [0.29, 0.717) is 11.8 Å². The molecule has 0 radical (unpaired) electrons. The quantitative estimate of drug-likeness (QED) is 0.885. The number of benzene rings is 1. The van der Waals surface area contributed by atoms with Crippen molar-refractivity contribution in [2.45, 2.75) is 32.2 Å². The van der Waals surface area contributed by atoms with Gasteiger partial charge in [0, 0.05) is 25.7 Å². The van der Waals surface area contributed by atoms with E-state index < -0.39 is 0 Å². The van der Waals surface area contributed by atoms with Crippen LogP contribution >= 0.6 is 0 Å². The highest BCUT2D eigenvalue weighted by Gasteiger charge is 2.34. The van der Waals surface area contributed by atoms with Crippen LogP contribution in [0.3, 0.4) is 0 Å². The van der Waals surface area contributed by atoms with Crippen LogP contribution in [0.2, 0.25) is 0 Å². The number of para-hydroxylation sites is 1. The van der Waals surface area contributed by atoms with Crippen LogP contribution in [0.5, 0.6) is 5.75 Å². The predicted molar refractivity (Wildman–Crippen MR) is 90.1 cm³/mol. The number of amides is 1. The predicted octanol–water partition coefficient (Wildman–Crippen LogP) is 1.59. The molecular weight excluding hydrogens is 290 g/mol. The molecule has 0 spiro atoms. The lowest BCUT2D eigenvalue weighted by Crippen LogP contribution is -2.46. The fraction of sp³-hybridized carbons (Fsp3) is 0.611. The Labute approximate surface area is 138 Å². The highest BCUT2D eigenvalue weighted by molar-refractivity contribution is 5.80. The smallest absolute Gasteiger partial charge is 0.228 e. The number of hydrazine groups is 1. The third kappa shape index (κ3) is 3.67. The van der Waals surface area contributed by atoms with Gasteiger partial charge in [-0.3, -0.25) is 15.6 Å². The lowest BCUT2D eigenvalue weighted by molar-refractivity contribution is -0.137. The molecule has 2 N–H and O–H groups in total. The molecule has 0 aliphatic carbocycles. The molecular formula is C18H27N3O2. The fourth-order valence-corrected chi connectivity index (χ4v) is 3.76. The monoisotopic (exact) mass is 317 g/mol. The van der Waals surface area contributed by atoms with E-state index >= 15 is 0 Å². The Balaban J connectivity index is 1.63. The standard InChI is InChI=1S/C18H27N3O2/c1-13-16(11-19-20-13)18(22)21-9-5-6-14(12-21)10-15-7-3-4-8-17(15)23-2/h3-4,7-8,13-14,16,19-20H,5-6,9-12H2,1-2H3. The van der Waals surface area contributed by atoms with Gasteiger partial charge in [0.25, 0.3) is 0 Å². The summed E-state index contributed by atoms with van der Waals surface area (Å²) in [6.07, 6.45) is 3.25. The molecule has 2 saturated heterocycles. The molecule has 0 aromatic heterocycles. The molecule has 3 rings (SSSR count). The van der Waals surface area contributed by atoms with Gasteiger partial charge >= 0.3 is 0 Å². The Hall–Kier alpha value is -1.59. The molecule has 5 nitrogen and oxygen atoms in total. The number of nitrogens with one attached hydrogen (secondary N) is 2. The first-order valence-electron chi connectivity index (χ1n) is 8.58. The number of piperidine rings is 1. The van der Waals surface area contributed by atoms with Crippen LogP contribution < -0.4 is 15.6 Å². The van der Waals surface area contributed by atoms with Gasteiger partial charge in [-0.25, -0.2) is 0 Å². The summed E-state index contributed by atoms with van der Waals surface area (Å²) in [4.78, 5) is 14.8. The largest absolute Gasteiger partial charge is 0.496 e. The summed E-state index contributed by atoms with van der Waals surface area (Å²) >= 11 is 0. The van der Waals surface area contributed by atoms with E-state index in [9.17, 15) is 4.79 Å². The molecule has 3 atom stereocenters. The molecule has 126 valence electrons. The Bertz CT molecular complexity index is 549. The van der Waals surface area contributed by atoms with E-state index in [-0.39, 0.29) is 12.0 Å². The Morgan fingerprint density at radius 1 is 1.39 bits per heavy atom. The minimum Gasteiger partial charge on any atom is -0.496 e. The van der Waals surface area contributed by atoms with E-state index in [1.54, 1.807) is 7.11 Å². The first-order valence-corrected chi connectivity index (χ1v) is 8.58. The summed E-state index contributed by atoms with van der Waals surface area (Å²) < 4.78 is 5.46. The summed E-state index contributed by atoms with van der Waals surface area (Å²) in [7, 11) is 1.72. The number of carbonyl (C=O) groups is 1. The molecule has 2 heterocycles. The van der Waals surface area contributed by atoms with Crippen molar-refractivity contribution in [2.24, 2.45) is 11.8 Å². The molecule has 0 saturated carbocycles. The van der Waals surface area contributed by atoms with E-state index in [2.05, 4.69) is 34.8 Å². The molecule has 5 heteroatoms. The molecule has 3 unspecified atom stereocenters. The summed E-state index contributed by atoms with van der Waals surface area (Å²) in [5.41, 5.74) is 7.48. The first-order chi connectivity index (χ1) is 11.2. The minimum atomic E-state index is 0.0556. The van der Waals surface area contributed by atoms with Gasteiger partial charge in [0.15, 0.2) is 0 Å². The van der Waals surface area contributed by atoms with Crippen molar-refractivity contribution in [2.75, 3.05) is 26.7 Å². The van der Waals surface area contributed by atoms with Crippen LogP contribution in [0.1, 0.15) is 25.3 Å². The zero-order valence-electron chi connectivity index (χ0n) is 14.0. The summed E-state index contributed by atoms with van der Waals surface area (Å²) in [6.45, 7) is 4.55. The number of likely N-dealkylation sites (tertiary alicyclic amines) is 1. The fourth-order valence-electron chi connectivity index (χ4n) is 3.76. The number of rotatable bonds is 4. The van der Waals surface area contributed by atoms with Crippen molar-refractivity contribution in [1.29, 1.82) is 0 Å². The third-order valence-electron chi connectivity index (χ3n) is 5.10. The second-order valence-corrected chi connectivity index (χ2v) is 6.73. The number of hydrogen-bond donors (Lipinski definition) is 2. The van der Waals surface area contributed by atoms with Gasteiger partial charge < -0.3 is 9.64 Å². The van der Waals surface area contributed by atoms with Gasteiger partial charge in [0.05, 0.1) is 13.0 Å². The molecule has 1 aromatic rings. The number of nitrogens with zero attached hydrogens (tertiary/aromatic N) is 1. The topological polar surface area (TPSA) is 53.6 Å². The number of carbonyl (C=O) groups excluding carboxylic acids is 1. The maximum atomic E-state index is 12.8. The Morgan fingerprint density at radius 2 is 2.22 bits per heavy atom. The van der Waals surface area contributed by atoms with Gasteiger partial charge in [-0.15, -0.1) is 0 Å². The lowest BCUT2D eigenvalue weighted by atomic mass is 9.90. The van der Waals surface area contributed by atoms with E-state index in [0.717, 1.165) is 38.2 Å². The van der Waals surface area contributed by atoms with Crippen LogP contribution in [0.25, 0.3) is 0 Å². The van der Waals surface area contributed by atoms with Crippen LogP contribution in [0.15, 0.2) is 24.3 Å². The molecule has 2 aliphatic heterocycles. The second kappa shape index (κ2) is 7.32. The van der Waals surface area contributed by atoms with Crippen molar-refractivity contribution in [1.82, 2.24) is 15.8 Å². The number of ether oxygens (including phenoxy) is 1. The first kappa shape index (κ1) is 16.3. The normalized spacial score (nSPS) is 27.9. The van der Waals surface area contributed by atoms with Gasteiger partial charge in [-0.1, -0.05) is 18.2 Å². The van der Waals surface area contributed by atoms with Gasteiger partial charge in [0.2, 0.25) is 5.91 Å². The highest BCUT2D eigenvalue weighted by atomic mass is 16.5. The van der Waals surface area contributed by atoms with Crippen molar-refractivity contribution >= 4 is 5.91 Å². The van der Waals surface area contributed by atoms with Crippen LogP contribution in [0.4, 0.5) is 0 Å². The molecule has 1 aromatic carbocycles. The maximum Gasteiger partial charge on any atom is 0.228 e. The Kier molecular flexibility index (Phi) is 5.18. The molecule has 2 aliphatic rings. The van der Waals surface area contributed by atoms with Gasteiger partial charge in [-0.05, 0) is 43.7 Å². The second-order valence-electron chi connectivity index (χ2n) is 6.73. The van der Waals surface area contributed by atoms with Crippen LogP contribution in [-0.2, 0) is 11.2 Å². The average molecular weight is 317 g/mol. The summed E-state index contributed by atoms with van der Waals surface area (Å²) in [5.74, 6) is 1.81. The summed E-state index contributed by atoms with van der Waals surface area (Å²) in [5, 5.41) is 0. The van der Waals surface area contributed by atoms with Crippen LogP contribution in [-0.4, -0.2) is 43.6 Å². The van der Waals surface area contributed by atoms with Gasteiger partial charge in [-0.2, -0.15) is 0 Å². The molecule has 23 heavy (non-hydrogen) atoms. The highest BCUT2D eigenvalue weighted by Crippen LogP contribution is 2.27. The zero-order valence-corrected chi connectivity index (χ0v) is 14.0. The van der Waals surface area contributed by atoms with E-state index in [1.165, 1.54) is 12.0 Å². The van der Waals surface area contributed by atoms with Gasteiger partial charge in [0.1, 0.15) is 5.75 Å². The molecule has 0 bridgehead atoms. The van der Waals surface area contributed by atoms with Crippen LogP contribution in [0, 0.1) is 11.8 Å². The molecule has 1 amide bonds. The number of hydrogen-bond acceptors (Lipinski definition) is 4. The minimum absolute atomic E-state index is 0.0556. The van der Waals surface area contributed by atoms with Crippen molar-refractivity contribution in [3.05, 3.63) is 29.8 Å². The zero-order chi connectivity index (χ0) is 16.2. The number of methoxy groups -OCH3 is 1. The van der Waals surface area contributed by atoms with Crippen molar-refractivity contribution in [3.63, 3.8) is 0 Å². The lowest BCUT2D eigenvalue weighted by Gasteiger charge is -2.35. The summed E-state index contributed by atoms with van der Waals surface area (Å²) in [6, 6.07) is 8.41. The maximum absolute atomic E-state index is 12.8. The third-order valence-corrected chi connectivity index (χ3v) is 5.10. The van der Waals surface area contributed by atoms with E-state index in [1.807, 2.05) is 12.1 Å². The molecule has 2 fully saturated rings. The van der Waals surface area contributed by atoms with Crippen molar-refractivity contribution in [3.8, 4) is 5.75 Å². The SMILES string of the molecule is COc1ccccc1CC1CCCN(C(=O)C2CNNC2C)C1. The van der Waals surface area contributed by atoms with E-state index in [4.69, 9.17) is 4.74 Å².